The number of hydrogen-bond donors (Lipinski definition) is 3. The van der Waals surface area contributed by atoms with Gasteiger partial charge in [-0.1, -0.05) is 6.07 Å². The van der Waals surface area contributed by atoms with Gasteiger partial charge in [-0.3, -0.25) is 4.79 Å². The zero-order valence-electron chi connectivity index (χ0n) is 13.1. The van der Waals surface area contributed by atoms with E-state index in [9.17, 15) is 14.7 Å². The number of phenols is 1. The van der Waals surface area contributed by atoms with Crippen molar-refractivity contribution < 1.29 is 24.5 Å². The Morgan fingerprint density at radius 2 is 1.92 bits per heavy atom. The van der Waals surface area contributed by atoms with Crippen LogP contribution in [0.25, 0.3) is 0 Å². The van der Waals surface area contributed by atoms with E-state index in [1.165, 1.54) is 18.2 Å². The first-order valence-electron chi connectivity index (χ1n) is 7.03. The number of aromatic carboxylic acids is 1. The van der Waals surface area contributed by atoms with E-state index < -0.39 is 17.6 Å². The van der Waals surface area contributed by atoms with Crippen LogP contribution in [-0.2, 0) is 4.79 Å². The number of ether oxygens (including phenoxy) is 1. The number of rotatable bonds is 5. The Balaban J connectivity index is 2.02. The number of carboxylic acid groups (broad SMARTS) is 1. The zero-order chi connectivity index (χ0) is 17.9. The first-order chi connectivity index (χ1) is 11.3. The van der Waals surface area contributed by atoms with Crippen molar-refractivity contribution >= 4 is 33.5 Å². The van der Waals surface area contributed by atoms with Crippen LogP contribution in [0.15, 0.2) is 34.8 Å². The Morgan fingerprint density at radius 1 is 1.21 bits per heavy atom. The molecule has 126 valence electrons. The second kappa shape index (κ2) is 7.35. The average Bonchev–Trinajstić information content (AvgIpc) is 2.45. The summed E-state index contributed by atoms with van der Waals surface area (Å²) in [6.07, 6.45) is 0. The summed E-state index contributed by atoms with van der Waals surface area (Å²) in [5, 5.41) is 21.0. The highest BCUT2D eigenvalue weighted by atomic mass is 79.9. The molecule has 0 fully saturated rings. The zero-order valence-corrected chi connectivity index (χ0v) is 14.7. The minimum absolute atomic E-state index is 0.218. The van der Waals surface area contributed by atoms with Gasteiger partial charge in [0.25, 0.3) is 5.91 Å². The van der Waals surface area contributed by atoms with Crippen molar-refractivity contribution in [2.75, 3.05) is 11.9 Å². The van der Waals surface area contributed by atoms with Crippen LogP contribution in [0.5, 0.6) is 11.5 Å². The molecule has 2 aromatic rings. The molecule has 0 heterocycles. The highest BCUT2D eigenvalue weighted by Gasteiger charge is 2.12. The van der Waals surface area contributed by atoms with Crippen molar-refractivity contribution in [1.29, 1.82) is 0 Å². The molecular formula is C17H16BrNO5. The number of amides is 1. The number of anilines is 1. The molecule has 0 aliphatic heterocycles. The van der Waals surface area contributed by atoms with Crippen molar-refractivity contribution in [3.63, 3.8) is 0 Å². The van der Waals surface area contributed by atoms with Gasteiger partial charge in [0.05, 0.1) is 4.47 Å². The largest absolute Gasteiger partial charge is 0.507 e. The first kappa shape index (κ1) is 17.8. The van der Waals surface area contributed by atoms with E-state index in [0.717, 1.165) is 15.6 Å². The molecule has 0 aliphatic carbocycles. The lowest BCUT2D eigenvalue weighted by Crippen LogP contribution is -2.20. The molecule has 0 aliphatic rings. The van der Waals surface area contributed by atoms with Gasteiger partial charge in [-0.15, -0.1) is 0 Å². The summed E-state index contributed by atoms with van der Waals surface area (Å²) in [6.45, 7) is 3.62. The molecule has 7 heteroatoms. The quantitative estimate of drug-likeness (QED) is 0.722. The number of carbonyl (C=O) groups is 2. The standard InChI is InChI=1S/C17H16BrNO5/c1-9-5-10(2)16(13(18)6-9)24-8-15(21)19-11-3-4-12(17(22)23)14(20)7-11/h3-7,20H,8H2,1-2H3,(H,19,21)(H,22,23). The van der Waals surface area contributed by atoms with E-state index in [0.29, 0.717) is 5.75 Å². The molecule has 24 heavy (non-hydrogen) atoms. The van der Waals surface area contributed by atoms with E-state index in [-0.39, 0.29) is 17.9 Å². The molecule has 0 radical (unpaired) electrons. The second-order valence-electron chi connectivity index (χ2n) is 5.27. The van der Waals surface area contributed by atoms with Crippen LogP contribution < -0.4 is 10.1 Å². The third-order valence-corrected chi connectivity index (χ3v) is 3.82. The number of carbonyl (C=O) groups excluding carboxylic acids is 1. The second-order valence-corrected chi connectivity index (χ2v) is 6.12. The summed E-state index contributed by atoms with van der Waals surface area (Å²) in [5.41, 5.74) is 2.03. The number of halogens is 1. The lowest BCUT2D eigenvalue weighted by Gasteiger charge is -2.12. The highest BCUT2D eigenvalue weighted by Crippen LogP contribution is 2.30. The topological polar surface area (TPSA) is 95.9 Å². The molecule has 1 amide bonds. The Kier molecular flexibility index (Phi) is 5.46. The van der Waals surface area contributed by atoms with Gasteiger partial charge in [-0.05, 0) is 59.1 Å². The van der Waals surface area contributed by atoms with Crippen molar-refractivity contribution in [3.8, 4) is 11.5 Å². The van der Waals surface area contributed by atoms with Gasteiger partial charge in [0.2, 0.25) is 0 Å². The molecule has 0 spiro atoms. The average molecular weight is 394 g/mol. The summed E-state index contributed by atoms with van der Waals surface area (Å²) < 4.78 is 6.29. The Bertz CT molecular complexity index is 781. The molecule has 0 unspecified atom stereocenters. The molecule has 0 saturated carbocycles. The predicted octanol–water partition coefficient (Wildman–Crippen LogP) is 3.49. The molecule has 0 saturated heterocycles. The number of aromatic hydroxyl groups is 1. The molecule has 0 atom stereocenters. The van der Waals surface area contributed by atoms with Crippen molar-refractivity contribution in [1.82, 2.24) is 0 Å². The van der Waals surface area contributed by atoms with E-state index in [1.54, 1.807) is 0 Å². The predicted molar refractivity (Wildman–Crippen MR) is 92.8 cm³/mol. The fourth-order valence-electron chi connectivity index (χ4n) is 2.21. The van der Waals surface area contributed by atoms with E-state index >= 15 is 0 Å². The minimum Gasteiger partial charge on any atom is -0.507 e. The molecule has 0 bridgehead atoms. The lowest BCUT2D eigenvalue weighted by molar-refractivity contribution is -0.118. The van der Waals surface area contributed by atoms with Crippen LogP contribution >= 0.6 is 15.9 Å². The summed E-state index contributed by atoms with van der Waals surface area (Å²) >= 11 is 3.40. The Hall–Kier alpha value is -2.54. The van der Waals surface area contributed by atoms with Crippen LogP contribution in [-0.4, -0.2) is 28.7 Å². The normalized spacial score (nSPS) is 10.3. The SMILES string of the molecule is Cc1cc(C)c(OCC(=O)Nc2ccc(C(=O)O)c(O)c2)c(Br)c1. The van der Waals surface area contributed by atoms with E-state index in [2.05, 4.69) is 21.2 Å². The minimum atomic E-state index is -1.24. The first-order valence-corrected chi connectivity index (χ1v) is 7.83. The van der Waals surface area contributed by atoms with Gasteiger partial charge >= 0.3 is 5.97 Å². The summed E-state index contributed by atoms with van der Waals surface area (Å²) in [6, 6.07) is 7.63. The highest BCUT2D eigenvalue weighted by molar-refractivity contribution is 9.10. The van der Waals surface area contributed by atoms with Gasteiger partial charge in [0.1, 0.15) is 17.1 Å². The van der Waals surface area contributed by atoms with Gasteiger partial charge < -0.3 is 20.3 Å². The molecule has 3 N–H and O–H groups in total. The smallest absolute Gasteiger partial charge is 0.339 e. The fraction of sp³-hybridized carbons (Fsp3) is 0.176. The van der Waals surface area contributed by atoms with Crippen LogP contribution in [0.2, 0.25) is 0 Å². The maximum atomic E-state index is 12.0. The van der Waals surface area contributed by atoms with Gasteiger partial charge in [-0.2, -0.15) is 0 Å². The molecule has 2 rings (SSSR count). The summed E-state index contributed by atoms with van der Waals surface area (Å²) in [5.74, 6) is -1.50. The maximum absolute atomic E-state index is 12.0. The Morgan fingerprint density at radius 3 is 2.50 bits per heavy atom. The number of benzene rings is 2. The van der Waals surface area contributed by atoms with Crippen LogP contribution in [0.4, 0.5) is 5.69 Å². The molecule has 6 nitrogen and oxygen atoms in total. The summed E-state index contributed by atoms with van der Waals surface area (Å²) in [4.78, 5) is 22.8. The summed E-state index contributed by atoms with van der Waals surface area (Å²) in [7, 11) is 0. The lowest BCUT2D eigenvalue weighted by atomic mass is 10.1. The molecule has 0 aromatic heterocycles. The van der Waals surface area contributed by atoms with Crippen molar-refractivity contribution in [2.24, 2.45) is 0 Å². The van der Waals surface area contributed by atoms with E-state index in [1.807, 2.05) is 26.0 Å². The molecular weight excluding hydrogens is 378 g/mol. The van der Waals surface area contributed by atoms with Crippen LogP contribution in [0.1, 0.15) is 21.5 Å². The van der Waals surface area contributed by atoms with Crippen molar-refractivity contribution in [3.05, 3.63) is 51.5 Å². The van der Waals surface area contributed by atoms with Crippen LogP contribution in [0, 0.1) is 13.8 Å². The number of hydrogen-bond acceptors (Lipinski definition) is 4. The third kappa shape index (κ3) is 4.26. The van der Waals surface area contributed by atoms with Gasteiger partial charge in [0, 0.05) is 11.8 Å². The number of nitrogens with one attached hydrogen (secondary N) is 1. The number of aryl methyl sites for hydroxylation is 2. The Labute approximate surface area is 147 Å². The van der Waals surface area contributed by atoms with E-state index in [4.69, 9.17) is 9.84 Å². The maximum Gasteiger partial charge on any atom is 0.339 e. The van der Waals surface area contributed by atoms with Crippen molar-refractivity contribution in [2.45, 2.75) is 13.8 Å². The third-order valence-electron chi connectivity index (χ3n) is 3.23. The van der Waals surface area contributed by atoms with Crippen LogP contribution in [0.3, 0.4) is 0 Å². The van der Waals surface area contributed by atoms with Gasteiger partial charge in [-0.25, -0.2) is 4.79 Å². The number of carboxylic acids is 1. The van der Waals surface area contributed by atoms with Gasteiger partial charge in [0.15, 0.2) is 6.61 Å². The monoisotopic (exact) mass is 393 g/mol. The fourth-order valence-corrected chi connectivity index (χ4v) is 3.00. The molecule has 2 aromatic carbocycles.